The average Bonchev–Trinajstić information content (AvgIpc) is 2.77. The zero-order chi connectivity index (χ0) is 22.3. The first-order chi connectivity index (χ1) is 14.8. The molecule has 0 fully saturated rings. The lowest BCUT2D eigenvalue weighted by Gasteiger charge is -2.14. The molecule has 0 aliphatic heterocycles. The van der Waals surface area contributed by atoms with E-state index in [0.717, 1.165) is 18.4 Å². The molecule has 0 amide bonds. The number of benzene rings is 1. The Morgan fingerprint density at radius 3 is 2.07 bits per heavy atom. The van der Waals surface area contributed by atoms with E-state index >= 15 is 0 Å². The quantitative estimate of drug-likeness (QED) is 0.173. The van der Waals surface area contributed by atoms with Crippen LogP contribution < -0.4 is 0 Å². The predicted octanol–water partition coefficient (Wildman–Crippen LogP) is 9.50. The summed E-state index contributed by atoms with van der Waals surface area (Å²) in [5.41, 5.74) is 1.15. The van der Waals surface area contributed by atoms with Crippen LogP contribution in [0.25, 0.3) is 0 Å². The largest absolute Gasteiger partial charge is 0.299 e. The fourth-order valence-corrected chi connectivity index (χ4v) is 3.83. The second kappa shape index (κ2) is 22.3. The highest BCUT2D eigenvalue weighted by Gasteiger charge is 2.13. The number of ketones is 1. The van der Waals surface area contributed by atoms with Gasteiger partial charge in [-0.25, -0.2) is 0 Å². The van der Waals surface area contributed by atoms with Crippen LogP contribution in [0.3, 0.4) is 0 Å². The Morgan fingerprint density at radius 2 is 1.40 bits per heavy atom. The highest BCUT2D eigenvalue weighted by molar-refractivity contribution is 5.81. The van der Waals surface area contributed by atoms with Crippen molar-refractivity contribution in [3.05, 3.63) is 48.0 Å². The van der Waals surface area contributed by atoms with Crippen LogP contribution in [0.5, 0.6) is 0 Å². The van der Waals surface area contributed by atoms with Gasteiger partial charge in [-0.15, -0.1) is 0 Å². The van der Waals surface area contributed by atoms with Crippen LogP contribution in [-0.4, -0.2) is 5.78 Å². The van der Waals surface area contributed by atoms with Gasteiger partial charge in [0.25, 0.3) is 0 Å². The molecule has 0 saturated heterocycles. The average molecular weight is 415 g/mol. The highest BCUT2D eigenvalue weighted by Crippen LogP contribution is 2.21. The first kappa shape index (κ1) is 28.6. The molecule has 30 heavy (non-hydrogen) atoms. The standard InChI is InChI=1S/C27H44O.C2H6/c1-3-5-7-9-10-11-12-13-16-20-25(19-15-8-6-4-2)23-27(28)24-26-21-17-14-18-22-26;1-2/h13-14,16-18,21-22,25H,3-12,15,19-20,23-24H2,1-2H3;1-2H3/b16-13-;/t25-;/m1./s1. The van der Waals surface area contributed by atoms with Crippen LogP contribution in [0.1, 0.15) is 123 Å². The molecule has 0 N–H and O–H groups in total. The minimum absolute atomic E-state index is 0.399. The molecule has 0 aliphatic carbocycles. The summed E-state index contributed by atoms with van der Waals surface area (Å²) in [6, 6.07) is 10.2. The highest BCUT2D eigenvalue weighted by atomic mass is 16.1. The van der Waals surface area contributed by atoms with Crippen LogP contribution >= 0.6 is 0 Å². The zero-order valence-electron chi connectivity index (χ0n) is 20.6. The minimum atomic E-state index is 0.399. The normalized spacial score (nSPS) is 11.9. The van der Waals surface area contributed by atoms with Crippen molar-refractivity contribution in [2.24, 2.45) is 5.92 Å². The molecule has 172 valence electrons. The van der Waals surface area contributed by atoms with Crippen molar-refractivity contribution in [1.29, 1.82) is 0 Å². The topological polar surface area (TPSA) is 17.1 Å². The number of hydrogen-bond donors (Lipinski definition) is 0. The third kappa shape index (κ3) is 17.5. The maximum atomic E-state index is 12.5. The van der Waals surface area contributed by atoms with E-state index in [1.54, 1.807) is 0 Å². The first-order valence-corrected chi connectivity index (χ1v) is 13.0. The molecule has 1 heteroatoms. The molecule has 0 spiro atoms. The van der Waals surface area contributed by atoms with Gasteiger partial charge < -0.3 is 0 Å². The molecule has 0 aromatic heterocycles. The van der Waals surface area contributed by atoms with Crippen molar-refractivity contribution in [2.75, 3.05) is 0 Å². The SMILES string of the molecule is CC.CCCCCCCC/C=C\C[C@@H](CCCCCC)CC(=O)Cc1ccccc1. The number of Topliss-reactive ketones (excluding diaryl/α,β-unsaturated/α-hetero) is 1. The Bertz CT molecular complexity index is 502. The van der Waals surface area contributed by atoms with Gasteiger partial charge in [0.05, 0.1) is 0 Å². The van der Waals surface area contributed by atoms with Crippen LogP contribution in [0.2, 0.25) is 0 Å². The van der Waals surface area contributed by atoms with E-state index in [9.17, 15) is 4.79 Å². The molecule has 0 bridgehead atoms. The first-order valence-electron chi connectivity index (χ1n) is 13.0. The fraction of sp³-hybridized carbons (Fsp3) is 0.690. The Hall–Kier alpha value is -1.37. The Balaban J connectivity index is 0.00000407. The van der Waals surface area contributed by atoms with Crippen molar-refractivity contribution in [3.63, 3.8) is 0 Å². The van der Waals surface area contributed by atoms with Crippen molar-refractivity contribution in [1.82, 2.24) is 0 Å². The number of carbonyl (C=O) groups is 1. The van der Waals surface area contributed by atoms with E-state index in [1.165, 1.54) is 77.0 Å². The molecule has 1 aromatic carbocycles. The van der Waals surface area contributed by atoms with E-state index < -0.39 is 0 Å². The molecule has 1 nitrogen and oxygen atoms in total. The molecule has 0 unspecified atom stereocenters. The van der Waals surface area contributed by atoms with E-state index in [2.05, 4.69) is 38.1 Å². The summed E-state index contributed by atoms with van der Waals surface area (Å²) in [6.45, 7) is 8.53. The molecule has 0 radical (unpaired) electrons. The van der Waals surface area contributed by atoms with Gasteiger partial charge in [-0.3, -0.25) is 4.79 Å². The Labute approximate surface area is 188 Å². The summed E-state index contributed by atoms with van der Waals surface area (Å²) in [7, 11) is 0. The third-order valence-corrected chi connectivity index (χ3v) is 5.59. The van der Waals surface area contributed by atoms with Gasteiger partial charge in [0, 0.05) is 12.8 Å². The number of unbranched alkanes of at least 4 members (excludes halogenated alkanes) is 9. The van der Waals surface area contributed by atoms with Crippen LogP contribution in [0.4, 0.5) is 0 Å². The van der Waals surface area contributed by atoms with Crippen molar-refractivity contribution >= 4 is 5.78 Å². The third-order valence-electron chi connectivity index (χ3n) is 5.59. The summed E-state index contributed by atoms with van der Waals surface area (Å²) in [5.74, 6) is 0.921. The van der Waals surface area contributed by atoms with Gasteiger partial charge in [-0.05, 0) is 37.2 Å². The number of rotatable bonds is 18. The smallest absolute Gasteiger partial charge is 0.137 e. The number of carbonyl (C=O) groups excluding carboxylic acids is 1. The maximum absolute atomic E-state index is 12.5. The fourth-order valence-electron chi connectivity index (χ4n) is 3.83. The molecule has 1 atom stereocenters. The van der Waals surface area contributed by atoms with E-state index in [4.69, 9.17) is 0 Å². The lowest BCUT2D eigenvalue weighted by molar-refractivity contribution is -0.119. The Morgan fingerprint density at radius 1 is 0.800 bits per heavy atom. The molecule has 0 heterocycles. The Kier molecular flexibility index (Phi) is 21.3. The van der Waals surface area contributed by atoms with Crippen LogP contribution in [0.15, 0.2) is 42.5 Å². The van der Waals surface area contributed by atoms with Gasteiger partial charge >= 0.3 is 0 Å². The summed E-state index contributed by atoms with van der Waals surface area (Å²) >= 11 is 0. The van der Waals surface area contributed by atoms with Crippen molar-refractivity contribution in [2.45, 2.75) is 124 Å². The molecular formula is C29H50O. The number of hydrogen-bond acceptors (Lipinski definition) is 1. The van der Waals surface area contributed by atoms with E-state index in [0.29, 0.717) is 18.1 Å². The molecule has 0 saturated carbocycles. The zero-order valence-corrected chi connectivity index (χ0v) is 20.6. The van der Waals surface area contributed by atoms with Crippen molar-refractivity contribution in [3.8, 4) is 0 Å². The summed E-state index contributed by atoms with van der Waals surface area (Å²) in [5, 5.41) is 0. The van der Waals surface area contributed by atoms with Crippen LogP contribution in [0, 0.1) is 5.92 Å². The molecule has 1 rings (SSSR count). The van der Waals surface area contributed by atoms with E-state index in [1.807, 2.05) is 32.0 Å². The minimum Gasteiger partial charge on any atom is -0.299 e. The van der Waals surface area contributed by atoms with Crippen LogP contribution in [-0.2, 0) is 11.2 Å². The van der Waals surface area contributed by atoms with Gasteiger partial charge in [-0.1, -0.05) is 128 Å². The lowest BCUT2D eigenvalue weighted by atomic mass is 9.90. The monoisotopic (exact) mass is 414 g/mol. The second-order valence-electron chi connectivity index (χ2n) is 8.38. The molecule has 1 aromatic rings. The van der Waals surface area contributed by atoms with Gasteiger partial charge in [0.15, 0.2) is 0 Å². The van der Waals surface area contributed by atoms with Gasteiger partial charge in [0.1, 0.15) is 5.78 Å². The lowest BCUT2D eigenvalue weighted by Crippen LogP contribution is -2.10. The maximum Gasteiger partial charge on any atom is 0.137 e. The molecule has 0 aliphatic rings. The van der Waals surface area contributed by atoms with Crippen molar-refractivity contribution < 1.29 is 4.79 Å². The predicted molar refractivity (Wildman–Crippen MR) is 135 cm³/mol. The summed E-state index contributed by atoms with van der Waals surface area (Å²) in [4.78, 5) is 12.5. The molecular weight excluding hydrogens is 364 g/mol. The van der Waals surface area contributed by atoms with Gasteiger partial charge in [0.2, 0.25) is 0 Å². The summed E-state index contributed by atoms with van der Waals surface area (Å²) in [6.07, 6.45) is 22.8. The summed E-state index contributed by atoms with van der Waals surface area (Å²) < 4.78 is 0. The van der Waals surface area contributed by atoms with Gasteiger partial charge in [-0.2, -0.15) is 0 Å². The van der Waals surface area contributed by atoms with E-state index in [-0.39, 0.29) is 0 Å². The number of allylic oxidation sites excluding steroid dienone is 2. The second-order valence-corrected chi connectivity index (χ2v) is 8.38.